The van der Waals surface area contributed by atoms with Gasteiger partial charge in [0.25, 0.3) is 5.69 Å². The molecule has 0 unspecified atom stereocenters. The molecule has 0 aliphatic heterocycles. The summed E-state index contributed by atoms with van der Waals surface area (Å²) < 4.78 is 11.6. The van der Waals surface area contributed by atoms with Crippen molar-refractivity contribution < 1.29 is 19.2 Å². The van der Waals surface area contributed by atoms with E-state index in [9.17, 15) is 14.9 Å². The molecule has 1 aliphatic rings. The summed E-state index contributed by atoms with van der Waals surface area (Å²) in [5.74, 6) is 1.56. The molecule has 6 nitrogen and oxygen atoms in total. The van der Waals surface area contributed by atoms with Gasteiger partial charge >= 0.3 is 0 Å². The van der Waals surface area contributed by atoms with Crippen molar-refractivity contribution >= 4 is 11.5 Å². The molecule has 0 saturated carbocycles. The molecule has 0 aromatic heterocycles. The van der Waals surface area contributed by atoms with Crippen LogP contribution in [0.2, 0.25) is 0 Å². The van der Waals surface area contributed by atoms with Gasteiger partial charge in [-0.25, -0.2) is 0 Å². The van der Waals surface area contributed by atoms with Crippen LogP contribution < -0.4 is 9.47 Å². The Morgan fingerprint density at radius 3 is 2.52 bits per heavy atom. The number of nitrogens with zero attached hydrogens (tertiary/aromatic N) is 1. The third-order valence-corrected chi connectivity index (χ3v) is 5.61. The molecule has 0 heterocycles. The third-order valence-electron chi connectivity index (χ3n) is 5.61. The SMILES string of the molecule is COc1ccc(Oc2c(C)cc([N+](=O)[O-])c3c2CCC3)cc1C(=O)Cc1ccccc1. The van der Waals surface area contributed by atoms with Crippen molar-refractivity contribution in [2.75, 3.05) is 7.11 Å². The highest BCUT2D eigenvalue weighted by molar-refractivity contribution is 6.00. The van der Waals surface area contributed by atoms with Crippen LogP contribution in [0, 0.1) is 17.0 Å². The summed E-state index contributed by atoms with van der Waals surface area (Å²) in [5.41, 5.74) is 3.87. The first-order chi connectivity index (χ1) is 15.0. The maximum absolute atomic E-state index is 13.0. The van der Waals surface area contributed by atoms with E-state index in [1.807, 2.05) is 37.3 Å². The van der Waals surface area contributed by atoms with Crippen LogP contribution in [0.1, 0.15) is 39.0 Å². The Morgan fingerprint density at radius 1 is 1.06 bits per heavy atom. The molecule has 158 valence electrons. The van der Waals surface area contributed by atoms with E-state index in [0.29, 0.717) is 34.8 Å². The second kappa shape index (κ2) is 8.60. The molecular formula is C25H23NO5. The number of fused-ring (bicyclic) bond motifs is 1. The number of ether oxygens (including phenoxy) is 2. The number of benzene rings is 3. The lowest BCUT2D eigenvalue weighted by atomic mass is 10.0. The third kappa shape index (κ3) is 4.14. The summed E-state index contributed by atoms with van der Waals surface area (Å²) in [7, 11) is 1.53. The highest BCUT2D eigenvalue weighted by Crippen LogP contribution is 2.42. The molecule has 0 fully saturated rings. The van der Waals surface area contributed by atoms with Gasteiger partial charge in [0.2, 0.25) is 0 Å². The maximum Gasteiger partial charge on any atom is 0.273 e. The summed E-state index contributed by atoms with van der Waals surface area (Å²) in [6, 6.07) is 16.3. The number of nitro benzene ring substituents is 1. The number of Topliss-reactive ketones (excluding diaryl/α,β-unsaturated/α-hetero) is 1. The molecule has 6 heteroatoms. The number of hydrogen-bond acceptors (Lipinski definition) is 5. The molecule has 0 spiro atoms. The lowest BCUT2D eigenvalue weighted by molar-refractivity contribution is -0.385. The number of carbonyl (C=O) groups excluding carboxylic acids is 1. The molecule has 1 aliphatic carbocycles. The van der Waals surface area contributed by atoms with Gasteiger partial charge in [0.15, 0.2) is 5.78 Å². The van der Waals surface area contributed by atoms with Crippen molar-refractivity contribution in [3.8, 4) is 17.2 Å². The van der Waals surface area contributed by atoms with E-state index in [2.05, 4.69) is 0 Å². The van der Waals surface area contributed by atoms with Gasteiger partial charge in [0.1, 0.15) is 17.2 Å². The topological polar surface area (TPSA) is 78.7 Å². The molecule has 4 rings (SSSR count). The first kappa shape index (κ1) is 20.6. The molecule has 0 amide bonds. The van der Waals surface area contributed by atoms with Crippen LogP contribution in [0.4, 0.5) is 5.69 Å². The van der Waals surface area contributed by atoms with Crippen molar-refractivity contribution in [1.29, 1.82) is 0 Å². The fourth-order valence-corrected chi connectivity index (χ4v) is 4.14. The van der Waals surface area contributed by atoms with E-state index in [4.69, 9.17) is 9.47 Å². The van der Waals surface area contributed by atoms with Crippen LogP contribution >= 0.6 is 0 Å². The summed E-state index contributed by atoms with van der Waals surface area (Å²) in [6.07, 6.45) is 2.53. The summed E-state index contributed by atoms with van der Waals surface area (Å²) in [6.45, 7) is 1.81. The standard InChI is InChI=1S/C25H23NO5/c1-16-13-22(26(28)29)19-9-6-10-20(19)25(16)31-18-11-12-24(30-2)21(15-18)23(27)14-17-7-4-3-5-8-17/h3-5,7-8,11-13,15H,6,9-10,14H2,1-2H3. The Hall–Kier alpha value is -3.67. The van der Waals surface area contributed by atoms with Gasteiger partial charge in [0.05, 0.1) is 17.6 Å². The molecule has 31 heavy (non-hydrogen) atoms. The van der Waals surface area contributed by atoms with Crippen LogP contribution in [-0.2, 0) is 19.3 Å². The minimum absolute atomic E-state index is 0.0702. The summed E-state index contributed by atoms with van der Waals surface area (Å²) >= 11 is 0. The Labute approximate surface area is 180 Å². The first-order valence-electron chi connectivity index (χ1n) is 10.2. The predicted molar refractivity (Wildman–Crippen MR) is 117 cm³/mol. The number of ketones is 1. The fourth-order valence-electron chi connectivity index (χ4n) is 4.14. The van der Waals surface area contributed by atoms with Gasteiger partial charge < -0.3 is 9.47 Å². The Bertz CT molecular complexity index is 1150. The number of rotatable bonds is 7. The number of aryl methyl sites for hydroxylation is 1. The quantitative estimate of drug-likeness (QED) is 0.283. The predicted octanol–water partition coefficient (Wildman–Crippen LogP) is 5.62. The molecule has 0 N–H and O–H groups in total. The van der Waals surface area contributed by atoms with E-state index in [-0.39, 0.29) is 22.8 Å². The smallest absolute Gasteiger partial charge is 0.273 e. The normalized spacial score (nSPS) is 12.3. The maximum atomic E-state index is 13.0. The number of carbonyl (C=O) groups is 1. The monoisotopic (exact) mass is 417 g/mol. The Balaban J connectivity index is 1.68. The van der Waals surface area contributed by atoms with Crippen LogP contribution in [-0.4, -0.2) is 17.8 Å². The molecule has 0 radical (unpaired) electrons. The van der Waals surface area contributed by atoms with Crippen molar-refractivity contribution in [3.05, 3.63) is 92.5 Å². The summed E-state index contributed by atoms with van der Waals surface area (Å²) in [4.78, 5) is 24.1. The second-order valence-electron chi connectivity index (χ2n) is 7.66. The Kier molecular flexibility index (Phi) is 5.71. The number of methoxy groups -OCH3 is 1. The van der Waals surface area contributed by atoms with Crippen LogP contribution in [0.5, 0.6) is 17.2 Å². The van der Waals surface area contributed by atoms with E-state index >= 15 is 0 Å². The first-order valence-corrected chi connectivity index (χ1v) is 10.2. The van der Waals surface area contributed by atoms with E-state index in [1.54, 1.807) is 24.3 Å². The Morgan fingerprint density at radius 2 is 1.81 bits per heavy atom. The molecule has 0 atom stereocenters. The van der Waals surface area contributed by atoms with Gasteiger partial charge in [-0.15, -0.1) is 0 Å². The van der Waals surface area contributed by atoms with Crippen LogP contribution in [0.25, 0.3) is 0 Å². The fraction of sp³-hybridized carbons (Fsp3) is 0.240. The second-order valence-corrected chi connectivity index (χ2v) is 7.66. The van der Waals surface area contributed by atoms with Gasteiger partial charge in [-0.3, -0.25) is 14.9 Å². The van der Waals surface area contributed by atoms with Gasteiger partial charge in [-0.2, -0.15) is 0 Å². The van der Waals surface area contributed by atoms with Crippen molar-refractivity contribution in [1.82, 2.24) is 0 Å². The molecule has 0 saturated heterocycles. The van der Waals surface area contributed by atoms with E-state index in [0.717, 1.165) is 29.5 Å². The molecule has 3 aromatic rings. The molecule has 0 bridgehead atoms. The minimum Gasteiger partial charge on any atom is -0.496 e. The number of hydrogen-bond donors (Lipinski definition) is 0. The van der Waals surface area contributed by atoms with Crippen LogP contribution in [0.3, 0.4) is 0 Å². The van der Waals surface area contributed by atoms with Gasteiger partial charge in [0, 0.05) is 23.6 Å². The zero-order valence-electron chi connectivity index (χ0n) is 17.5. The lowest BCUT2D eigenvalue weighted by Gasteiger charge is -2.16. The zero-order valence-corrected chi connectivity index (χ0v) is 17.5. The van der Waals surface area contributed by atoms with E-state index < -0.39 is 0 Å². The minimum atomic E-state index is -0.325. The highest BCUT2D eigenvalue weighted by atomic mass is 16.6. The van der Waals surface area contributed by atoms with Gasteiger partial charge in [-0.05, 0) is 55.5 Å². The average molecular weight is 417 g/mol. The molecule has 3 aromatic carbocycles. The van der Waals surface area contributed by atoms with E-state index in [1.165, 1.54) is 7.11 Å². The molecular weight excluding hydrogens is 394 g/mol. The largest absolute Gasteiger partial charge is 0.496 e. The highest BCUT2D eigenvalue weighted by Gasteiger charge is 2.28. The lowest BCUT2D eigenvalue weighted by Crippen LogP contribution is -2.06. The zero-order chi connectivity index (χ0) is 22.0. The number of nitro groups is 1. The van der Waals surface area contributed by atoms with Crippen molar-refractivity contribution in [3.63, 3.8) is 0 Å². The van der Waals surface area contributed by atoms with Crippen molar-refractivity contribution in [2.24, 2.45) is 0 Å². The average Bonchev–Trinajstić information content (AvgIpc) is 3.25. The summed E-state index contributed by atoms with van der Waals surface area (Å²) in [5, 5.41) is 11.4. The van der Waals surface area contributed by atoms with Crippen LogP contribution in [0.15, 0.2) is 54.6 Å². The van der Waals surface area contributed by atoms with Crippen molar-refractivity contribution in [2.45, 2.75) is 32.6 Å². The van der Waals surface area contributed by atoms with Gasteiger partial charge in [-0.1, -0.05) is 30.3 Å².